The fourth-order valence-electron chi connectivity index (χ4n) is 2.42. The number of non-ortho nitro benzene ring substituents is 1. The molecule has 0 heterocycles. The van der Waals surface area contributed by atoms with Crippen LogP contribution in [0.5, 0.6) is 0 Å². The molecule has 2 rings (SSSR count). The zero-order valence-electron chi connectivity index (χ0n) is 15.4. The van der Waals surface area contributed by atoms with Gasteiger partial charge in [0.1, 0.15) is 13.7 Å². The Balaban J connectivity index is 2.37. The van der Waals surface area contributed by atoms with Gasteiger partial charge in [0.15, 0.2) is 0 Å². The molecule has 11 heteroatoms. The molecule has 2 radical (unpaired) electrons. The van der Waals surface area contributed by atoms with Crippen molar-refractivity contribution in [2.24, 2.45) is 4.99 Å². The molecule has 0 aliphatic carbocycles. The second kappa shape index (κ2) is 11.3. The van der Waals surface area contributed by atoms with E-state index in [0.29, 0.717) is 40.5 Å². The summed E-state index contributed by atoms with van der Waals surface area (Å²) >= 11 is 8.67. The van der Waals surface area contributed by atoms with E-state index in [-0.39, 0.29) is 11.3 Å². The average Bonchev–Trinajstić information content (AvgIpc) is 2.70. The van der Waals surface area contributed by atoms with Crippen LogP contribution in [0.2, 0.25) is 5.02 Å². The minimum Gasteiger partial charge on any atom is -0.358 e. The standard InChI is InChI=1S/C18H17BClIN5O2P/c1-2-4-16(24-18(19)11-5-3-6-12(9-11)26(27)28)23-15-8-7-14(25-29-21)13(10-22)17(15)20/h3-10,22-23,25,29H,2H2,1H3/b16-4+,22-10?,24-18-. The second-order valence-corrected chi connectivity index (χ2v) is 8.11. The second-order valence-electron chi connectivity index (χ2n) is 5.68. The Morgan fingerprint density at radius 3 is 2.76 bits per heavy atom. The van der Waals surface area contributed by atoms with Gasteiger partial charge in [-0.2, -0.15) is 0 Å². The lowest BCUT2D eigenvalue weighted by Crippen LogP contribution is -2.06. The molecule has 7 nitrogen and oxygen atoms in total. The highest BCUT2D eigenvalue weighted by molar-refractivity contribution is 14.2. The van der Waals surface area contributed by atoms with Crippen molar-refractivity contribution in [2.75, 3.05) is 10.4 Å². The summed E-state index contributed by atoms with van der Waals surface area (Å²) in [5.41, 5.74) is 2.41. The molecule has 0 fully saturated rings. The van der Waals surface area contributed by atoms with Crippen LogP contribution in [0.4, 0.5) is 17.1 Å². The summed E-state index contributed by atoms with van der Waals surface area (Å²) in [4.78, 5) is 14.9. The van der Waals surface area contributed by atoms with Crippen LogP contribution >= 0.6 is 40.0 Å². The highest BCUT2D eigenvalue weighted by Gasteiger charge is 2.12. The number of hydrogen-bond donors (Lipinski definition) is 3. The number of nitrogens with one attached hydrogen (secondary N) is 3. The number of benzene rings is 2. The summed E-state index contributed by atoms with van der Waals surface area (Å²) in [5, 5.41) is 25.3. The Labute approximate surface area is 189 Å². The number of nitro benzene ring substituents is 1. The number of aliphatic imine (C=N–C) groups is 1. The van der Waals surface area contributed by atoms with Gasteiger partial charge in [-0.25, -0.2) is 4.99 Å². The molecule has 0 aliphatic heterocycles. The smallest absolute Gasteiger partial charge is 0.270 e. The van der Waals surface area contributed by atoms with E-state index in [0.717, 1.165) is 5.69 Å². The molecule has 0 aliphatic rings. The molecular weight excluding hydrogens is 522 g/mol. The third-order valence-corrected chi connectivity index (χ3v) is 5.34. The van der Waals surface area contributed by atoms with E-state index in [1.54, 1.807) is 18.2 Å². The first-order valence-corrected chi connectivity index (χ1v) is 12.9. The van der Waals surface area contributed by atoms with Gasteiger partial charge in [-0.15, -0.1) is 0 Å². The Morgan fingerprint density at radius 1 is 1.41 bits per heavy atom. The number of nitrogens with zero attached hydrogens (tertiary/aromatic N) is 2. The van der Waals surface area contributed by atoms with Crippen LogP contribution in [0.1, 0.15) is 24.5 Å². The third kappa shape index (κ3) is 6.26. The van der Waals surface area contributed by atoms with Gasteiger partial charge in [-0.05, 0) is 57.8 Å². The lowest BCUT2D eigenvalue weighted by molar-refractivity contribution is -0.384. The van der Waals surface area contributed by atoms with E-state index in [4.69, 9.17) is 24.9 Å². The maximum Gasteiger partial charge on any atom is 0.270 e. The predicted octanol–water partition coefficient (Wildman–Crippen LogP) is 5.88. The molecule has 148 valence electrons. The molecule has 0 saturated heterocycles. The van der Waals surface area contributed by atoms with Gasteiger partial charge in [0.25, 0.3) is 5.69 Å². The lowest BCUT2D eigenvalue weighted by Gasteiger charge is -2.15. The van der Waals surface area contributed by atoms with E-state index < -0.39 is 4.92 Å². The maximum atomic E-state index is 11.0. The summed E-state index contributed by atoms with van der Waals surface area (Å²) < 4.78 is 0. The zero-order chi connectivity index (χ0) is 21.4. The molecule has 0 saturated carbocycles. The SMILES string of the molecule is [B]/C(=N\C(=C\CC)Nc1ccc(NPI)c(C=N)c1Cl)c1cccc([N+](=O)[O-])c1. The van der Waals surface area contributed by atoms with Crippen molar-refractivity contribution in [2.45, 2.75) is 13.3 Å². The van der Waals surface area contributed by atoms with Crippen LogP contribution < -0.4 is 10.4 Å². The fourth-order valence-corrected chi connectivity index (χ4v) is 3.88. The van der Waals surface area contributed by atoms with Gasteiger partial charge >= 0.3 is 0 Å². The molecule has 2 aromatic rings. The normalized spacial score (nSPS) is 12.2. The van der Waals surface area contributed by atoms with E-state index >= 15 is 0 Å². The molecule has 0 spiro atoms. The van der Waals surface area contributed by atoms with Crippen molar-refractivity contribution in [3.05, 3.63) is 74.6 Å². The van der Waals surface area contributed by atoms with Crippen LogP contribution in [0.25, 0.3) is 0 Å². The minimum absolute atomic E-state index is 0.0626. The Kier molecular flexibility index (Phi) is 9.07. The Hall–Kier alpha value is -1.97. The molecular formula is C18H17BClIN5O2P. The minimum atomic E-state index is -0.484. The van der Waals surface area contributed by atoms with Gasteiger partial charge in [-0.3, -0.25) is 10.1 Å². The first kappa shape index (κ1) is 23.3. The summed E-state index contributed by atoms with van der Waals surface area (Å²) in [6, 6.07) is 9.59. The summed E-state index contributed by atoms with van der Waals surface area (Å²) in [6.45, 7) is 1.94. The topological polar surface area (TPSA) is 103 Å². The van der Waals surface area contributed by atoms with Gasteiger partial charge < -0.3 is 15.8 Å². The molecule has 0 bridgehead atoms. The van der Waals surface area contributed by atoms with Gasteiger partial charge in [0, 0.05) is 36.0 Å². The number of anilines is 2. The predicted molar refractivity (Wildman–Crippen MR) is 133 cm³/mol. The zero-order valence-corrected chi connectivity index (χ0v) is 19.3. The van der Waals surface area contributed by atoms with Crippen molar-refractivity contribution in [3.63, 3.8) is 0 Å². The lowest BCUT2D eigenvalue weighted by atomic mass is 9.93. The van der Waals surface area contributed by atoms with E-state index in [1.807, 2.05) is 19.1 Å². The molecule has 3 N–H and O–H groups in total. The number of halogens is 2. The van der Waals surface area contributed by atoms with Crippen LogP contribution in [0.3, 0.4) is 0 Å². The summed E-state index contributed by atoms with van der Waals surface area (Å²) in [5.74, 6) is 0.450. The van der Waals surface area contributed by atoms with E-state index in [1.165, 1.54) is 18.3 Å². The Bertz CT molecular complexity index is 987. The third-order valence-electron chi connectivity index (χ3n) is 3.76. The van der Waals surface area contributed by atoms with Crippen molar-refractivity contribution in [1.29, 1.82) is 5.41 Å². The fraction of sp³-hybridized carbons (Fsp3) is 0.111. The summed E-state index contributed by atoms with van der Waals surface area (Å²) in [7, 11) is 6.07. The van der Waals surface area contributed by atoms with Crippen LogP contribution in [0, 0.1) is 15.5 Å². The van der Waals surface area contributed by atoms with Crippen LogP contribution in [-0.4, -0.2) is 24.6 Å². The molecule has 0 aromatic heterocycles. The van der Waals surface area contributed by atoms with Crippen molar-refractivity contribution < 1.29 is 4.92 Å². The van der Waals surface area contributed by atoms with Gasteiger partial charge in [0.05, 0.1) is 15.6 Å². The molecule has 0 amide bonds. The maximum absolute atomic E-state index is 11.0. The molecule has 1 atom stereocenters. The quantitative estimate of drug-likeness (QED) is 0.0925. The molecule has 29 heavy (non-hydrogen) atoms. The highest BCUT2D eigenvalue weighted by atomic mass is 127. The largest absolute Gasteiger partial charge is 0.358 e. The monoisotopic (exact) mass is 539 g/mol. The van der Waals surface area contributed by atoms with E-state index in [2.05, 4.69) is 37.4 Å². The number of allylic oxidation sites excluding steroid dienone is 1. The first-order valence-electron chi connectivity index (χ1n) is 8.42. The number of hydrogen-bond acceptors (Lipinski definition) is 6. The molecule has 1 unspecified atom stereocenters. The van der Waals surface area contributed by atoms with Gasteiger partial charge in [0.2, 0.25) is 0 Å². The number of rotatable bonds is 9. The van der Waals surface area contributed by atoms with Crippen molar-refractivity contribution in [1.82, 2.24) is 0 Å². The number of nitro groups is 1. The average molecular weight is 540 g/mol. The summed E-state index contributed by atoms with van der Waals surface area (Å²) in [6.07, 6.45) is 4.13. The molecule has 2 aromatic carbocycles. The Morgan fingerprint density at radius 2 is 2.14 bits per heavy atom. The van der Waals surface area contributed by atoms with E-state index in [9.17, 15) is 10.1 Å². The first-order chi connectivity index (χ1) is 13.9. The van der Waals surface area contributed by atoms with Crippen molar-refractivity contribution in [3.8, 4) is 0 Å². The van der Waals surface area contributed by atoms with Crippen LogP contribution in [0.15, 0.2) is 53.3 Å². The van der Waals surface area contributed by atoms with Crippen molar-refractivity contribution >= 4 is 76.7 Å². The van der Waals surface area contributed by atoms with Gasteiger partial charge in [-0.1, -0.05) is 30.7 Å². The van der Waals surface area contributed by atoms with Crippen LogP contribution in [-0.2, 0) is 0 Å². The highest BCUT2D eigenvalue weighted by Crippen LogP contribution is 2.35.